The van der Waals surface area contributed by atoms with Gasteiger partial charge in [0.05, 0.1) is 4.90 Å². The third kappa shape index (κ3) is 3.48. The Kier molecular flexibility index (Phi) is 4.98. The number of anilines is 1. The number of hydrogen-bond acceptors (Lipinski definition) is 3. The zero-order valence-electron chi connectivity index (χ0n) is 12.4. The summed E-state index contributed by atoms with van der Waals surface area (Å²) in [5, 5.41) is 0. The normalized spacial score (nSPS) is 13.8. The van der Waals surface area contributed by atoms with E-state index in [-0.39, 0.29) is 0 Å². The van der Waals surface area contributed by atoms with Crippen molar-refractivity contribution < 1.29 is 8.42 Å². The average molecular weight is 284 g/mol. The Morgan fingerprint density at radius 3 is 2.42 bits per heavy atom. The molecule has 1 unspecified atom stereocenters. The Morgan fingerprint density at radius 2 is 1.89 bits per heavy atom. The van der Waals surface area contributed by atoms with Gasteiger partial charge in [0, 0.05) is 19.3 Å². The number of aryl methyl sites for hydroxylation is 1. The summed E-state index contributed by atoms with van der Waals surface area (Å²) < 4.78 is 26.6. The maximum absolute atomic E-state index is 12.6. The number of rotatable bonds is 5. The van der Waals surface area contributed by atoms with Gasteiger partial charge in [-0.1, -0.05) is 20.3 Å². The van der Waals surface area contributed by atoms with E-state index in [9.17, 15) is 8.42 Å². The largest absolute Gasteiger partial charge is 0.399 e. The molecule has 0 saturated heterocycles. The molecular weight excluding hydrogens is 260 g/mol. The summed E-state index contributed by atoms with van der Waals surface area (Å²) in [5.74, 6) is 0.335. The smallest absolute Gasteiger partial charge is 0.243 e. The molecule has 0 aromatic heterocycles. The maximum atomic E-state index is 12.6. The highest BCUT2D eigenvalue weighted by atomic mass is 32.2. The minimum atomic E-state index is -3.47. The van der Waals surface area contributed by atoms with Gasteiger partial charge >= 0.3 is 0 Å². The number of nitrogen functional groups attached to an aromatic ring is 1. The topological polar surface area (TPSA) is 63.4 Å². The first-order valence-electron chi connectivity index (χ1n) is 6.53. The monoisotopic (exact) mass is 284 g/mol. The molecule has 0 fully saturated rings. The molecule has 108 valence electrons. The van der Waals surface area contributed by atoms with Crippen molar-refractivity contribution in [3.63, 3.8) is 0 Å². The highest BCUT2D eigenvalue weighted by Crippen LogP contribution is 2.25. The Bertz CT molecular complexity index is 553. The van der Waals surface area contributed by atoms with Gasteiger partial charge < -0.3 is 5.73 Å². The molecule has 1 aromatic carbocycles. The third-order valence-corrected chi connectivity index (χ3v) is 5.55. The van der Waals surface area contributed by atoms with Crippen LogP contribution in [0.25, 0.3) is 0 Å². The molecule has 0 aliphatic carbocycles. The highest BCUT2D eigenvalue weighted by molar-refractivity contribution is 7.89. The van der Waals surface area contributed by atoms with Crippen LogP contribution in [0, 0.1) is 19.8 Å². The number of hydrogen-bond donors (Lipinski definition) is 1. The molecule has 5 heteroatoms. The Hall–Kier alpha value is -1.07. The Balaban J connectivity index is 3.20. The quantitative estimate of drug-likeness (QED) is 0.845. The van der Waals surface area contributed by atoms with E-state index in [4.69, 9.17) is 5.73 Å². The molecule has 1 rings (SSSR count). The van der Waals surface area contributed by atoms with Crippen molar-refractivity contribution in [3.8, 4) is 0 Å². The number of nitrogens with two attached hydrogens (primary N) is 1. The van der Waals surface area contributed by atoms with Crippen molar-refractivity contribution >= 4 is 15.7 Å². The van der Waals surface area contributed by atoms with Gasteiger partial charge in [-0.25, -0.2) is 12.7 Å². The van der Waals surface area contributed by atoms with Crippen LogP contribution in [0.5, 0.6) is 0 Å². The van der Waals surface area contributed by atoms with Crippen molar-refractivity contribution in [3.05, 3.63) is 23.3 Å². The highest BCUT2D eigenvalue weighted by Gasteiger charge is 2.24. The van der Waals surface area contributed by atoms with Gasteiger partial charge in [-0.3, -0.25) is 0 Å². The molecule has 1 atom stereocenters. The molecule has 0 spiro atoms. The van der Waals surface area contributed by atoms with Crippen LogP contribution < -0.4 is 5.73 Å². The molecule has 0 heterocycles. The van der Waals surface area contributed by atoms with Gasteiger partial charge in [-0.15, -0.1) is 0 Å². The molecule has 2 N–H and O–H groups in total. The van der Waals surface area contributed by atoms with Gasteiger partial charge in [0.1, 0.15) is 0 Å². The first kappa shape index (κ1) is 16.0. The molecule has 0 aliphatic rings. The SMILES string of the molecule is CCC(C)CN(C)S(=O)(=O)c1cc(N)cc(C)c1C. The van der Waals surface area contributed by atoms with Crippen LogP contribution in [0.1, 0.15) is 31.4 Å². The van der Waals surface area contributed by atoms with E-state index >= 15 is 0 Å². The molecule has 19 heavy (non-hydrogen) atoms. The van der Waals surface area contributed by atoms with E-state index in [1.54, 1.807) is 19.2 Å². The van der Waals surface area contributed by atoms with Gasteiger partial charge in [-0.2, -0.15) is 0 Å². The third-order valence-electron chi connectivity index (χ3n) is 3.60. The molecule has 0 saturated carbocycles. The first-order chi connectivity index (χ1) is 8.70. The van der Waals surface area contributed by atoms with Gasteiger partial charge in [-0.05, 0) is 43.0 Å². The summed E-state index contributed by atoms with van der Waals surface area (Å²) in [7, 11) is -1.84. The van der Waals surface area contributed by atoms with E-state index in [2.05, 4.69) is 6.92 Å². The molecule has 0 bridgehead atoms. The number of nitrogens with zero attached hydrogens (tertiary/aromatic N) is 1. The second kappa shape index (κ2) is 5.92. The lowest BCUT2D eigenvalue weighted by molar-refractivity contribution is 0.393. The molecular formula is C14H24N2O2S. The molecule has 0 radical (unpaired) electrons. The lowest BCUT2D eigenvalue weighted by Gasteiger charge is -2.22. The predicted octanol–water partition coefficient (Wildman–Crippen LogP) is 2.55. The van der Waals surface area contributed by atoms with Crippen LogP contribution in [0.3, 0.4) is 0 Å². The zero-order valence-corrected chi connectivity index (χ0v) is 13.2. The average Bonchev–Trinajstić information content (AvgIpc) is 2.33. The lowest BCUT2D eigenvalue weighted by atomic mass is 10.1. The Labute approximate surface area is 116 Å². The standard InChI is InChI=1S/C14H24N2O2S/c1-6-10(2)9-16(5)19(17,18)14-8-13(15)7-11(3)12(14)4/h7-8,10H,6,9,15H2,1-5H3. The lowest BCUT2D eigenvalue weighted by Crippen LogP contribution is -2.31. The first-order valence-corrected chi connectivity index (χ1v) is 7.97. The fraction of sp³-hybridized carbons (Fsp3) is 0.571. The van der Waals surface area contributed by atoms with Crippen molar-refractivity contribution in [1.29, 1.82) is 0 Å². The second-order valence-corrected chi connectivity index (χ2v) is 7.27. The molecule has 1 aromatic rings. The van der Waals surface area contributed by atoms with Crippen molar-refractivity contribution in [2.24, 2.45) is 5.92 Å². The van der Waals surface area contributed by atoms with Crippen LogP contribution in [-0.4, -0.2) is 26.3 Å². The Morgan fingerprint density at radius 1 is 1.32 bits per heavy atom. The van der Waals surface area contributed by atoms with Gasteiger partial charge in [0.2, 0.25) is 10.0 Å². The summed E-state index contributed by atoms with van der Waals surface area (Å²) in [4.78, 5) is 0.316. The predicted molar refractivity (Wildman–Crippen MR) is 79.6 cm³/mol. The van der Waals surface area contributed by atoms with E-state index in [0.717, 1.165) is 17.5 Å². The fourth-order valence-electron chi connectivity index (χ4n) is 1.96. The second-order valence-electron chi connectivity index (χ2n) is 5.26. The van der Waals surface area contributed by atoms with Gasteiger partial charge in [0.25, 0.3) is 0 Å². The van der Waals surface area contributed by atoms with Crippen molar-refractivity contribution in [2.75, 3.05) is 19.3 Å². The number of sulfonamides is 1. The van der Waals surface area contributed by atoms with Gasteiger partial charge in [0.15, 0.2) is 0 Å². The zero-order chi connectivity index (χ0) is 14.8. The summed E-state index contributed by atoms with van der Waals surface area (Å²) in [6, 6.07) is 3.34. The summed E-state index contributed by atoms with van der Waals surface area (Å²) >= 11 is 0. The van der Waals surface area contributed by atoms with E-state index in [1.165, 1.54) is 4.31 Å². The van der Waals surface area contributed by atoms with Crippen LogP contribution in [0.15, 0.2) is 17.0 Å². The summed E-state index contributed by atoms with van der Waals surface area (Å²) in [6.45, 7) is 8.31. The minimum absolute atomic E-state index is 0.316. The van der Waals surface area contributed by atoms with Crippen molar-refractivity contribution in [2.45, 2.75) is 39.0 Å². The number of benzene rings is 1. The van der Waals surface area contributed by atoms with Crippen molar-refractivity contribution in [1.82, 2.24) is 4.31 Å². The molecule has 0 amide bonds. The van der Waals surface area contributed by atoms with E-state index in [0.29, 0.717) is 23.0 Å². The summed E-state index contributed by atoms with van der Waals surface area (Å²) in [5.41, 5.74) is 7.92. The maximum Gasteiger partial charge on any atom is 0.243 e. The van der Waals surface area contributed by atoms with Crippen LogP contribution in [-0.2, 0) is 10.0 Å². The van der Waals surface area contributed by atoms with Crippen LogP contribution in [0.2, 0.25) is 0 Å². The molecule has 4 nitrogen and oxygen atoms in total. The van der Waals surface area contributed by atoms with Crippen LogP contribution >= 0.6 is 0 Å². The van der Waals surface area contributed by atoms with E-state index < -0.39 is 10.0 Å². The molecule has 0 aliphatic heterocycles. The fourth-order valence-corrected chi connectivity index (χ4v) is 3.58. The van der Waals surface area contributed by atoms with Crippen LogP contribution in [0.4, 0.5) is 5.69 Å². The minimum Gasteiger partial charge on any atom is -0.399 e. The van der Waals surface area contributed by atoms with E-state index in [1.807, 2.05) is 20.8 Å². The summed E-state index contributed by atoms with van der Waals surface area (Å²) in [6.07, 6.45) is 0.953.